The van der Waals surface area contributed by atoms with Crippen molar-refractivity contribution in [3.8, 4) is 6.07 Å². The molecule has 2 nitrogen and oxygen atoms in total. The van der Waals surface area contributed by atoms with E-state index in [-0.39, 0.29) is 6.04 Å². The Kier molecular flexibility index (Phi) is 12.5. The highest BCUT2D eigenvalue weighted by Gasteiger charge is 2.05. The van der Waals surface area contributed by atoms with E-state index in [0.717, 1.165) is 6.54 Å². The monoisotopic (exact) mass is 252 g/mol. The predicted octanol–water partition coefficient (Wildman–Crippen LogP) is 4.75. The van der Waals surface area contributed by atoms with Gasteiger partial charge in [-0.3, -0.25) is 4.90 Å². The van der Waals surface area contributed by atoms with Crippen LogP contribution in [0.2, 0.25) is 0 Å². The first-order chi connectivity index (χ1) is 8.72. The molecule has 18 heavy (non-hydrogen) atoms. The molecule has 0 spiro atoms. The quantitative estimate of drug-likeness (QED) is 0.469. The number of nitriles is 1. The fourth-order valence-electron chi connectivity index (χ4n) is 2.14. The van der Waals surface area contributed by atoms with Crippen LogP contribution in [0.5, 0.6) is 0 Å². The van der Waals surface area contributed by atoms with Gasteiger partial charge in [-0.05, 0) is 26.9 Å². The maximum atomic E-state index is 8.77. The van der Waals surface area contributed by atoms with Gasteiger partial charge in [0, 0.05) is 0 Å². The lowest BCUT2D eigenvalue weighted by atomic mass is 10.1. The summed E-state index contributed by atoms with van der Waals surface area (Å²) in [6, 6.07) is 2.33. The van der Waals surface area contributed by atoms with Crippen LogP contribution in [0.3, 0.4) is 0 Å². The lowest BCUT2D eigenvalue weighted by Gasteiger charge is -2.18. The molecule has 0 N–H and O–H groups in total. The summed E-state index contributed by atoms with van der Waals surface area (Å²) in [5, 5.41) is 8.77. The highest BCUT2D eigenvalue weighted by atomic mass is 15.1. The molecule has 0 amide bonds. The summed E-state index contributed by atoms with van der Waals surface area (Å²) in [5.41, 5.74) is 0. The first kappa shape index (κ1) is 17.4. The second-order valence-electron chi connectivity index (χ2n) is 5.47. The van der Waals surface area contributed by atoms with Crippen molar-refractivity contribution < 1.29 is 0 Å². The minimum absolute atomic E-state index is 0.0589. The minimum Gasteiger partial charge on any atom is -0.291 e. The Hall–Kier alpha value is -0.550. The van der Waals surface area contributed by atoms with Crippen molar-refractivity contribution in [3.05, 3.63) is 0 Å². The van der Waals surface area contributed by atoms with Crippen molar-refractivity contribution in [3.63, 3.8) is 0 Å². The third kappa shape index (κ3) is 10.6. The minimum atomic E-state index is 0.0589. The number of unbranched alkanes of at least 4 members (excludes halogenated alkanes) is 9. The summed E-state index contributed by atoms with van der Waals surface area (Å²) in [4.78, 5) is 2.14. The van der Waals surface area contributed by atoms with Crippen LogP contribution in [0.4, 0.5) is 0 Å². The summed E-state index contributed by atoms with van der Waals surface area (Å²) >= 11 is 0. The Labute approximate surface area is 114 Å². The highest BCUT2D eigenvalue weighted by molar-refractivity contribution is 4.86. The van der Waals surface area contributed by atoms with Crippen molar-refractivity contribution in [2.24, 2.45) is 0 Å². The lowest BCUT2D eigenvalue weighted by Crippen LogP contribution is -2.28. The molecule has 0 bridgehead atoms. The molecular formula is C16H32N2. The molecular weight excluding hydrogens is 220 g/mol. The summed E-state index contributed by atoms with van der Waals surface area (Å²) < 4.78 is 0. The number of rotatable bonds is 12. The SMILES string of the molecule is CCCCCCCCCCCCN(C)C(C)C#N. The number of hydrogen-bond donors (Lipinski definition) is 0. The molecule has 2 heteroatoms. The lowest BCUT2D eigenvalue weighted by molar-refractivity contribution is 0.294. The molecule has 0 aliphatic rings. The van der Waals surface area contributed by atoms with Crippen molar-refractivity contribution in [2.45, 2.75) is 84.1 Å². The molecule has 0 aliphatic carbocycles. The van der Waals surface area contributed by atoms with Gasteiger partial charge in [-0.2, -0.15) is 5.26 Å². The maximum Gasteiger partial charge on any atom is 0.0946 e. The van der Waals surface area contributed by atoms with E-state index in [9.17, 15) is 0 Å². The summed E-state index contributed by atoms with van der Waals surface area (Å²) in [6.07, 6.45) is 13.7. The predicted molar refractivity (Wildman–Crippen MR) is 79.5 cm³/mol. The molecule has 0 rings (SSSR count). The zero-order chi connectivity index (χ0) is 13.6. The van der Waals surface area contributed by atoms with E-state index in [0.29, 0.717) is 0 Å². The summed E-state index contributed by atoms with van der Waals surface area (Å²) in [5.74, 6) is 0. The molecule has 0 fully saturated rings. The first-order valence-corrected chi connectivity index (χ1v) is 7.82. The van der Waals surface area contributed by atoms with Crippen LogP contribution < -0.4 is 0 Å². The van der Waals surface area contributed by atoms with Gasteiger partial charge in [0.05, 0.1) is 12.1 Å². The van der Waals surface area contributed by atoms with Gasteiger partial charge in [0.2, 0.25) is 0 Å². The van der Waals surface area contributed by atoms with E-state index >= 15 is 0 Å². The molecule has 0 saturated heterocycles. The third-order valence-corrected chi connectivity index (χ3v) is 3.71. The maximum absolute atomic E-state index is 8.77. The molecule has 1 unspecified atom stereocenters. The molecule has 0 heterocycles. The normalized spacial score (nSPS) is 12.6. The summed E-state index contributed by atoms with van der Waals surface area (Å²) in [7, 11) is 2.04. The van der Waals surface area contributed by atoms with Crippen molar-refractivity contribution in [1.29, 1.82) is 5.26 Å². The summed E-state index contributed by atoms with van der Waals surface area (Å²) in [6.45, 7) is 5.30. The molecule has 0 aromatic rings. The number of hydrogen-bond acceptors (Lipinski definition) is 2. The molecule has 1 atom stereocenters. The highest BCUT2D eigenvalue weighted by Crippen LogP contribution is 2.10. The Balaban J connectivity index is 3.14. The van der Waals surface area contributed by atoms with Crippen molar-refractivity contribution in [2.75, 3.05) is 13.6 Å². The van der Waals surface area contributed by atoms with E-state index in [1.807, 2.05) is 14.0 Å². The largest absolute Gasteiger partial charge is 0.291 e. The Morgan fingerprint density at radius 2 is 1.33 bits per heavy atom. The Bertz CT molecular complexity index is 208. The van der Waals surface area contributed by atoms with Crippen LogP contribution in [0.15, 0.2) is 0 Å². The number of nitrogens with zero attached hydrogens (tertiary/aromatic N) is 2. The fourth-order valence-corrected chi connectivity index (χ4v) is 2.14. The second kappa shape index (κ2) is 12.9. The van der Waals surface area contributed by atoms with Crippen LogP contribution in [0.1, 0.15) is 78.1 Å². The van der Waals surface area contributed by atoms with E-state index < -0.39 is 0 Å². The van der Waals surface area contributed by atoms with Crippen LogP contribution in [-0.2, 0) is 0 Å². The molecule has 0 aliphatic heterocycles. The van der Waals surface area contributed by atoms with Crippen LogP contribution >= 0.6 is 0 Å². The standard InChI is InChI=1S/C16H32N2/c1-4-5-6-7-8-9-10-11-12-13-14-18(3)16(2)15-17/h16H,4-14H2,1-3H3. The molecule has 106 valence electrons. The van der Waals surface area contributed by atoms with Crippen LogP contribution in [0.25, 0.3) is 0 Å². The topological polar surface area (TPSA) is 27.0 Å². The van der Waals surface area contributed by atoms with E-state index in [1.165, 1.54) is 64.2 Å². The second-order valence-corrected chi connectivity index (χ2v) is 5.47. The van der Waals surface area contributed by atoms with Crippen molar-refractivity contribution in [1.82, 2.24) is 4.90 Å². The Morgan fingerprint density at radius 3 is 1.78 bits per heavy atom. The van der Waals surface area contributed by atoms with Gasteiger partial charge in [0.1, 0.15) is 0 Å². The smallest absolute Gasteiger partial charge is 0.0946 e. The first-order valence-electron chi connectivity index (χ1n) is 7.82. The molecule has 0 saturated carbocycles. The van der Waals surface area contributed by atoms with Gasteiger partial charge in [0.25, 0.3) is 0 Å². The third-order valence-electron chi connectivity index (χ3n) is 3.71. The van der Waals surface area contributed by atoms with Gasteiger partial charge >= 0.3 is 0 Å². The van der Waals surface area contributed by atoms with Crippen molar-refractivity contribution >= 4 is 0 Å². The fraction of sp³-hybridized carbons (Fsp3) is 0.938. The van der Waals surface area contributed by atoms with E-state index in [2.05, 4.69) is 17.9 Å². The average molecular weight is 252 g/mol. The van der Waals surface area contributed by atoms with Gasteiger partial charge in [-0.15, -0.1) is 0 Å². The van der Waals surface area contributed by atoms with Gasteiger partial charge in [-0.1, -0.05) is 64.7 Å². The molecule has 0 aromatic carbocycles. The zero-order valence-electron chi connectivity index (χ0n) is 12.7. The van der Waals surface area contributed by atoms with Gasteiger partial charge in [-0.25, -0.2) is 0 Å². The van der Waals surface area contributed by atoms with Gasteiger partial charge < -0.3 is 0 Å². The zero-order valence-corrected chi connectivity index (χ0v) is 12.7. The van der Waals surface area contributed by atoms with Gasteiger partial charge in [0.15, 0.2) is 0 Å². The van der Waals surface area contributed by atoms with E-state index in [4.69, 9.17) is 5.26 Å². The van der Waals surface area contributed by atoms with Crippen LogP contribution in [0, 0.1) is 11.3 Å². The van der Waals surface area contributed by atoms with Crippen LogP contribution in [-0.4, -0.2) is 24.5 Å². The molecule has 0 aromatic heterocycles. The van der Waals surface area contributed by atoms with E-state index in [1.54, 1.807) is 0 Å². The molecule has 0 radical (unpaired) electrons. The average Bonchev–Trinajstić information content (AvgIpc) is 2.39. The Morgan fingerprint density at radius 1 is 0.889 bits per heavy atom.